The predicted octanol–water partition coefficient (Wildman–Crippen LogP) is 7.31. The zero-order valence-corrected chi connectivity index (χ0v) is 26.9. The number of para-hydroxylation sites is 2. The first kappa shape index (κ1) is 32.6. The molecule has 0 spiro atoms. The van der Waals surface area contributed by atoms with Crippen LogP contribution in [0.3, 0.4) is 0 Å². The summed E-state index contributed by atoms with van der Waals surface area (Å²) in [5, 5.41) is 0.699. The number of halogens is 3. The van der Waals surface area contributed by atoms with Crippen LogP contribution in [-0.2, 0) is 28.0 Å². The van der Waals surface area contributed by atoms with Crippen molar-refractivity contribution in [1.29, 1.82) is 0 Å². The predicted molar refractivity (Wildman–Crippen MR) is 171 cm³/mol. The molecule has 0 amide bonds. The zero-order chi connectivity index (χ0) is 32.0. The third-order valence-corrected chi connectivity index (χ3v) is 9.85. The van der Waals surface area contributed by atoms with Gasteiger partial charge in [0.05, 0.1) is 31.2 Å². The summed E-state index contributed by atoms with van der Waals surface area (Å²) in [7, 11) is 3.00. The highest BCUT2D eigenvalue weighted by Gasteiger charge is 2.30. The van der Waals surface area contributed by atoms with E-state index >= 15 is 0 Å². The number of aryl methyl sites for hydroxylation is 1. The fourth-order valence-corrected chi connectivity index (χ4v) is 7.19. The van der Waals surface area contributed by atoms with Crippen LogP contribution in [0.5, 0.6) is 11.5 Å². The van der Waals surface area contributed by atoms with Gasteiger partial charge in [0.15, 0.2) is 6.61 Å². The molecule has 1 fully saturated rings. The highest BCUT2D eigenvalue weighted by Crippen LogP contribution is 2.37. The molecule has 5 rings (SSSR count). The van der Waals surface area contributed by atoms with E-state index in [1.54, 1.807) is 18.9 Å². The number of nitrogens with zero attached hydrogens (tertiary/aromatic N) is 3. The lowest BCUT2D eigenvalue weighted by molar-refractivity contribution is -0.143. The maximum atomic E-state index is 13.2. The average molecular weight is 658 g/mol. The van der Waals surface area contributed by atoms with E-state index in [9.17, 15) is 18.0 Å². The molecule has 0 bridgehead atoms. The first-order chi connectivity index (χ1) is 21.6. The smallest absolute Gasteiger partial charge is 0.416 e. The van der Waals surface area contributed by atoms with Gasteiger partial charge < -0.3 is 19.1 Å². The van der Waals surface area contributed by atoms with Gasteiger partial charge in [0, 0.05) is 53.8 Å². The average Bonchev–Trinajstić information content (AvgIpc) is 3.45. The number of benzene rings is 3. The second-order valence-electron chi connectivity index (χ2n) is 10.5. The van der Waals surface area contributed by atoms with E-state index in [0.717, 1.165) is 70.8 Å². The number of aromatic nitrogens is 1. The summed E-state index contributed by atoms with van der Waals surface area (Å²) in [4.78, 5) is 23.2. The topological polar surface area (TPSA) is 64.1 Å². The van der Waals surface area contributed by atoms with Crippen LogP contribution in [0.2, 0.25) is 0 Å². The molecule has 45 heavy (non-hydrogen) atoms. The van der Waals surface area contributed by atoms with Crippen molar-refractivity contribution >= 4 is 34.8 Å². The summed E-state index contributed by atoms with van der Waals surface area (Å²) >= 11 is 3.17. The first-order valence-corrected chi connectivity index (χ1v) is 16.1. The Morgan fingerprint density at radius 2 is 1.71 bits per heavy atom. The van der Waals surface area contributed by atoms with Crippen molar-refractivity contribution in [3.8, 4) is 22.1 Å². The molecular formula is C33H34F3N3O4S2. The Bertz CT molecular complexity index is 1600. The number of rotatable bonds is 11. The molecule has 4 aromatic rings. The standard InChI is InChI=1S/C33H34F3N3O4S2/c1-22-18-25(12-13-28(22)43-20-31(40)42-3)44-21-30-26(37-32(45-30)23-8-10-24(11-9-23)33(34,35)36)19-38-14-16-39(17-15-38)27-6-4-5-7-29(27)41-2/h4-13,18H,14-17,19-21H2,1-3H3. The van der Waals surface area contributed by atoms with Gasteiger partial charge in [0.1, 0.15) is 16.5 Å². The minimum atomic E-state index is -4.39. The molecule has 3 aromatic carbocycles. The Balaban J connectivity index is 1.31. The van der Waals surface area contributed by atoms with Gasteiger partial charge in [-0.05, 0) is 55.0 Å². The number of esters is 1. The maximum Gasteiger partial charge on any atom is 0.416 e. The molecule has 2 heterocycles. The highest BCUT2D eigenvalue weighted by molar-refractivity contribution is 7.98. The van der Waals surface area contributed by atoms with Gasteiger partial charge in [-0.1, -0.05) is 24.3 Å². The molecule has 0 unspecified atom stereocenters. The Morgan fingerprint density at radius 3 is 2.38 bits per heavy atom. The van der Waals surface area contributed by atoms with Crippen molar-refractivity contribution in [1.82, 2.24) is 9.88 Å². The molecule has 0 N–H and O–H groups in total. The lowest BCUT2D eigenvalue weighted by atomic mass is 10.1. The maximum absolute atomic E-state index is 13.2. The van der Waals surface area contributed by atoms with E-state index in [1.165, 1.54) is 30.6 Å². The lowest BCUT2D eigenvalue weighted by Gasteiger charge is -2.36. The van der Waals surface area contributed by atoms with Crippen LogP contribution < -0.4 is 14.4 Å². The molecule has 7 nitrogen and oxygen atoms in total. The fourth-order valence-electron chi connectivity index (χ4n) is 5.01. The summed E-state index contributed by atoms with van der Waals surface area (Å²) in [5.74, 6) is 1.66. The van der Waals surface area contributed by atoms with E-state index in [-0.39, 0.29) is 6.61 Å². The van der Waals surface area contributed by atoms with Crippen molar-refractivity contribution < 1.29 is 32.2 Å². The normalized spacial score (nSPS) is 14.0. The number of piperazine rings is 1. The second-order valence-corrected chi connectivity index (χ2v) is 12.6. The molecule has 1 saturated heterocycles. The number of thiazole rings is 1. The largest absolute Gasteiger partial charge is 0.495 e. The molecule has 12 heteroatoms. The number of hydrogen-bond acceptors (Lipinski definition) is 9. The fraction of sp³-hybridized carbons (Fsp3) is 0.333. The SMILES string of the molecule is COC(=O)COc1ccc(SCc2sc(-c3ccc(C(F)(F)F)cc3)nc2CN2CCN(c3ccccc3OC)CC2)cc1C. The number of thioether (sulfide) groups is 1. The molecule has 0 aliphatic carbocycles. The van der Waals surface area contributed by atoms with Gasteiger partial charge in [0.2, 0.25) is 0 Å². The van der Waals surface area contributed by atoms with Gasteiger partial charge >= 0.3 is 12.1 Å². The van der Waals surface area contributed by atoms with Crippen molar-refractivity contribution in [3.05, 3.63) is 88.4 Å². The molecule has 0 radical (unpaired) electrons. The molecule has 0 atom stereocenters. The third-order valence-electron chi connectivity index (χ3n) is 7.50. The Morgan fingerprint density at radius 1 is 0.978 bits per heavy atom. The Hall–Kier alpha value is -3.74. The zero-order valence-electron chi connectivity index (χ0n) is 25.2. The molecular weight excluding hydrogens is 624 g/mol. The minimum absolute atomic E-state index is 0.159. The van der Waals surface area contributed by atoms with Crippen LogP contribution in [0.25, 0.3) is 10.6 Å². The van der Waals surface area contributed by atoms with Gasteiger partial charge in [-0.15, -0.1) is 23.1 Å². The van der Waals surface area contributed by atoms with Crippen molar-refractivity contribution in [2.24, 2.45) is 0 Å². The quantitative estimate of drug-likeness (QED) is 0.123. The number of alkyl halides is 3. The number of carbonyl (C=O) groups excluding carboxylic acids is 1. The monoisotopic (exact) mass is 657 g/mol. The van der Waals surface area contributed by atoms with Crippen LogP contribution in [-0.4, -0.2) is 62.9 Å². The Labute approximate surface area is 268 Å². The van der Waals surface area contributed by atoms with Gasteiger partial charge in [0.25, 0.3) is 0 Å². The summed E-state index contributed by atoms with van der Waals surface area (Å²) < 4.78 is 55.3. The summed E-state index contributed by atoms with van der Waals surface area (Å²) in [6.07, 6.45) is -4.39. The Kier molecular flexibility index (Phi) is 10.6. The number of hydrogen-bond donors (Lipinski definition) is 0. The second kappa shape index (κ2) is 14.6. The third kappa shape index (κ3) is 8.30. The van der Waals surface area contributed by atoms with E-state index in [1.807, 2.05) is 43.3 Å². The van der Waals surface area contributed by atoms with Crippen LogP contribution in [0.1, 0.15) is 21.7 Å². The number of carbonyl (C=O) groups is 1. The van der Waals surface area contributed by atoms with Gasteiger partial charge in [-0.3, -0.25) is 4.90 Å². The van der Waals surface area contributed by atoms with E-state index in [4.69, 9.17) is 14.5 Å². The lowest BCUT2D eigenvalue weighted by Crippen LogP contribution is -2.46. The summed E-state index contributed by atoms with van der Waals surface area (Å²) in [6, 6.07) is 19.0. The highest BCUT2D eigenvalue weighted by atomic mass is 32.2. The van der Waals surface area contributed by atoms with Crippen molar-refractivity contribution in [2.45, 2.75) is 30.3 Å². The first-order valence-electron chi connectivity index (χ1n) is 14.3. The van der Waals surface area contributed by atoms with Crippen molar-refractivity contribution in [2.75, 3.05) is 51.9 Å². The number of methoxy groups -OCH3 is 2. The summed E-state index contributed by atoms with van der Waals surface area (Å²) in [6.45, 7) is 5.75. The minimum Gasteiger partial charge on any atom is -0.495 e. The van der Waals surface area contributed by atoms with E-state index in [0.29, 0.717) is 28.6 Å². The van der Waals surface area contributed by atoms with E-state index < -0.39 is 17.7 Å². The molecule has 1 aliphatic rings. The molecule has 238 valence electrons. The number of anilines is 1. The van der Waals surface area contributed by atoms with Crippen LogP contribution in [0, 0.1) is 6.92 Å². The van der Waals surface area contributed by atoms with Gasteiger partial charge in [-0.25, -0.2) is 9.78 Å². The number of ether oxygens (including phenoxy) is 3. The van der Waals surface area contributed by atoms with Crippen LogP contribution >= 0.6 is 23.1 Å². The summed E-state index contributed by atoms with van der Waals surface area (Å²) in [5.41, 5.74) is 2.89. The van der Waals surface area contributed by atoms with E-state index in [2.05, 4.69) is 20.6 Å². The molecule has 0 saturated carbocycles. The van der Waals surface area contributed by atoms with Crippen LogP contribution in [0.4, 0.5) is 18.9 Å². The van der Waals surface area contributed by atoms with Crippen molar-refractivity contribution in [3.63, 3.8) is 0 Å². The van der Waals surface area contributed by atoms with Crippen LogP contribution in [0.15, 0.2) is 71.6 Å². The molecule has 1 aromatic heterocycles. The van der Waals surface area contributed by atoms with Gasteiger partial charge in [-0.2, -0.15) is 13.2 Å². The molecule has 1 aliphatic heterocycles.